The number of hydrogen-bond acceptors (Lipinski definition) is 8. The normalized spacial score (nSPS) is 24.2. The molecule has 0 radical (unpaired) electrons. The minimum atomic E-state index is -0.901. The van der Waals surface area contributed by atoms with E-state index in [2.05, 4.69) is 41.4 Å². The van der Waals surface area contributed by atoms with Gasteiger partial charge in [0.25, 0.3) is 11.8 Å². The zero-order chi connectivity index (χ0) is 38.1. The maximum atomic E-state index is 14.6. The number of aryl methyl sites for hydroxylation is 1. The number of benzene rings is 2. The van der Waals surface area contributed by atoms with Crippen LogP contribution < -0.4 is 16.4 Å². The van der Waals surface area contributed by atoms with Gasteiger partial charge in [-0.1, -0.05) is 68.4 Å². The van der Waals surface area contributed by atoms with Crippen LogP contribution >= 0.6 is 0 Å². The highest BCUT2D eigenvalue weighted by molar-refractivity contribution is 6.48. The molecule has 12 heteroatoms. The van der Waals surface area contributed by atoms with Crippen LogP contribution in [0.3, 0.4) is 0 Å². The number of nitrogens with two attached hydrogens (primary N) is 1. The molecule has 4 aliphatic rings. The van der Waals surface area contributed by atoms with E-state index in [4.69, 9.17) is 15.0 Å². The Morgan fingerprint density at radius 2 is 1.77 bits per heavy atom. The Morgan fingerprint density at radius 3 is 2.45 bits per heavy atom. The number of nitriles is 1. The molecule has 6 atom stereocenters. The van der Waals surface area contributed by atoms with Gasteiger partial charge in [-0.2, -0.15) is 5.26 Å². The van der Waals surface area contributed by atoms with Crippen LogP contribution in [0.1, 0.15) is 99.6 Å². The molecule has 11 nitrogen and oxygen atoms in total. The average molecular weight is 717 g/mol. The second-order valence-corrected chi connectivity index (χ2v) is 16.5. The third-order valence-electron chi connectivity index (χ3n) is 11.4. The number of hydrogen-bond donors (Lipinski definition) is 3. The molecule has 3 aromatic rings. The van der Waals surface area contributed by atoms with Crippen LogP contribution in [0.4, 0.5) is 0 Å². The van der Waals surface area contributed by atoms with Gasteiger partial charge in [-0.25, -0.2) is 4.98 Å². The molecule has 2 heterocycles. The fourth-order valence-electron chi connectivity index (χ4n) is 8.50. The summed E-state index contributed by atoms with van der Waals surface area (Å²) in [5.41, 5.74) is 7.57. The zero-order valence-electron chi connectivity index (χ0n) is 31.4. The largest absolute Gasteiger partial charge is 0.482 e. The van der Waals surface area contributed by atoms with Gasteiger partial charge >= 0.3 is 7.12 Å². The van der Waals surface area contributed by atoms with E-state index in [1.807, 2.05) is 81.4 Å². The van der Waals surface area contributed by atoms with Crippen molar-refractivity contribution >= 4 is 30.9 Å². The second-order valence-electron chi connectivity index (χ2n) is 16.5. The van der Waals surface area contributed by atoms with Gasteiger partial charge in [0.1, 0.15) is 17.3 Å². The number of aromatic nitrogens is 2. The fraction of sp³-hybridized carbons (Fsp3) is 0.463. The van der Waals surface area contributed by atoms with Gasteiger partial charge in [-0.05, 0) is 99.8 Å². The molecule has 1 aliphatic heterocycles. The first kappa shape index (κ1) is 37.9. The monoisotopic (exact) mass is 716 g/mol. The predicted molar refractivity (Wildman–Crippen MR) is 202 cm³/mol. The minimum absolute atomic E-state index is 0.0183. The highest BCUT2D eigenvalue weighted by Crippen LogP contribution is 2.65. The molecule has 3 saturated carbocycles. The van der Waals surface area contributed by atoms with Gasteiger partial charge in [0.15, 0.2) is 0 Å². The van der Waals surface area contributed by atoms with Crippen molar-refractivity contribution in [2.75, 3.05) is 0 Å². The lowest BCUT2D eigenvalue weighted by Crippen LogP contribution is -2.65. The molecule has 4 N–H and O–H groups in total. The van der Waals surface area contributed by atoms with Crippen LogP contribution in [0.5, 0.6) is 0 Å². The molecule has 4 fully saturated rings. The van der Waals surface area contributed by atoms with Gasteiger partial charge in [-0.15, -0.1) is 0 Å². The SMILES string of the molecule is CC(C)(C)NC(=O)C(C#N)=Cc1cccc(CC[C@@H](C(=O)N[C@@H](Cc2ccccc2)B2O[C@@H]3C[C@@H]4C[C@@H](C4(C)C)[C@]3(C)O2)c2nccnc2C(N)=O)c1. The highest BCUT2D eigenvalue weighted by Gasteiger charge is 2.68. The molecule has 3 amide bonds. The molecular formula is C41H49BN6O5. The molecule has 1 saturated heterocycles. The molecule has 1 aromatic heterocycles. The van der Waals surface area contributed by atoms with E-state index in [0.717, 1.165) is 24.0 Å². The molecule has 0 unspecified atom stereocenters. The first-order valence-electron chi connectivity index (χ1n) is 18.4. The quantitative estimate of drug-likeness (QED) is 0.132. The first-order valence-corrected chi connectivity index (χ1v) is 18.4. The fourth-order valence-corrected chi connectivity index (χ4v) is 8.50. The van der Waals surface area contributed by atoms with Crippen LogP contribution in [0, 0.1) is 28.6 Å². The lowest BCUT2D eigenvalue weighted by molar-refractivity contribution is -0.199. The Hall–Kier alpha value is -4.86. The number of rotatable bonds is 12. The molecule has 276 valence electrons. The van der Waals surface area contributed by atoms with Gasteiger partial charge in [0.05, 0.1) is 29.3 Å². The number of nitrogens with one attached hydrogen (secondary N) is 2. The van der Waals surface area contributed by atoms with E-state index in [-0.39, 0.29) is 40.8 Å². The summed E-state index contributed by atoms with van der Waals surface area (Å²) < 4.78 is 13.5. The predicted octanol–water partition coefficient (Wildman–Crippen LogP) is 5.11. The first-order chi connectivity index (χ1) is 25.1. The second kappa shape index (κ2) is 14.9. The standard InChI is InChI=1S/C41H49BN6O5/c1-39(2,3)48-37(50)28(24-43)20-27-14-10-13-26(19-27)15-16-30(34-35(36(44)49)46-18-17-45-34)38(51)47-33(21-25-11-8-7-9-12-25)42-52-32-23-29-22-31(40(29,4)5)41(32,6)53-42/h7-14,17-20,29-33H,15-16,21-23H2,1-6H3,(H2,44,49)(H,47,51)(H,48,50)/t29-,30+,31-,32+,33-,41-/m0/s1. The minimum Gasteiger partial charge on any atom is -0.404 e. The van der Waals surface area contributed by atoms with Crippen molar-refractivity contribution in [2.45, 2.75) is 103 Å². The van der Waals surface area contributed by atoms with Crippen molar-refractivity contribution in [3.8, 4) is 6.07 Å². The van der Waals surface area contributed by atoms with Crippen molar-refractivity contribution in [3.63, 3.8) is 0 Å². The number of nitrogens with zero attached hydrogens (tertiary/aromatic N) is 3. The van der Waals surface area contributed by atoms with E-state index in [1.165, 1.54) is 12.4 Å². The summed E-state index contributed by atoms with van der Waals surface area (Å²) in [6.07, 6.45) is 7.45. The van der Waals surface area contributed by atoms with Gasteiger partial charge in [0, 0.05) is 17.9 Å². The Bertz CT molecular complexity index is 1940. The Labute approximate surface area is 312 Å². The van der Waals surface area contributed by atoms with E-state index < -0.39 is 41.9 Å². The van der Waals surface area contributed by atoms with Crippen LogP contribution in [0.2, 0.25) is 0 Å². The van der Waals surface area contributed by atoms with Crippen LogP contribution in [0.25, 0.3) is 6.08 Å². The van der Waals surface area contributed by atoms with Crippen molar-refractivity contribution in [2.24, 2.45) is 23.0 Å². The maximum absolute atomic E-state index is 14.6. The van der Waals surface area contributed by atoms with Gasteiger partial charge in [-0.3, -0.25) is 19.4 Å². The molecular weight excluding hydrogens is 667 g/mol. The number of amides is 3. The summed E-state index contributed by atoms with van der Waals surface area (Å²) in [7, 11) is -0.685. The molecule has 2 aromatic carbocycles. The summed E-state index contributed by atoms with van der Waals surface area (Å²) in [4.78, 5) is 48.5. The van der Waals surface area contributed by atoms with Gasteiger partial charge < -0.3 is 25.7 Å². The molecule has 3 aliphatic carbocycles. The van der Waals surface area contributed by atoms with Crippen LogP contribution in [-0.4, -0.2) is 58.0 Å². The third kappa shape index (κ3) is 8.07. The Kier molecular flexibility index (Phi) is 10.6. The van der Waals surface area contributed by atoms with Crippen molar-refractivity contribution in [3.05, 3.63) is 101 Å². The topological polar surface area (TPSA) is 169 Å². The van der Waals surface area contributed by atoms with Crippen LogP contribution in [0.15, 0.2) is 72.6 Å². The van der Waals surface area contributed by atoms with Crippen molar-refractivity contribution in [1.82, 2.24) is 20.6 Å². The summed E-state index contributed by atoms with van der Waals surface area (Å²) in [6.45, 7) is 12.3. The number of primary amides is 1. The Balaban J connectivity index is 1.27. The summed E-state index contributed by atoms with van der Waals surface area (Å²) in [5, 5.41) is 15.8. The molecule has 2 bridgehead atoms. The van der Waals surface area contributed by atoms with E-state index in [9.17, 15) is 19.6 Å². The van der Waals surface area contributed by atoms with Gasteiger partial charge in [0.2, 0.25) is 5.91 Å². The maximum Gasteiger partial charge on any atom is 0.482 e. The lowest BCUT2D eigenvalue weighted by atomic mass is 9.43. The molecule has 0 spiro atoms. The molecule has 7 rings (SSSR count). The Morgan fingerprint density at radius 1 is 1.06 bits per heavy atom. The summed E-state index contributed by atoms with van der Waals surface area (Å²) >= 11 is 0. The third-order valence-corrected chi connectivity index (χ3v) is 11.4. The van der Waals surface area contributed by atoms with E-state index in [1.54, 1.807) is 6.08 Å². The molecule has 53 heavy (non-hydrogen) atoms. The summed E-state index contributed by atoms with van der Waals surface area (Å²) in [5.74, 6) is -2.11. The number of carbonyl (C=O) groups is 3. The van der Waals surface area contributed by atoms with E-state index >= 15 is 0 Å². The lowest BCUT2D eigenvalue weighted by Gasteiger charge is -2.64. The zero-order valence-corrected chi connectivity index (χ0v) is 31.4. The average Bonchev–Trinajstić information content (AvgIpc) is 3.47. The van der Waals surface area contributed by atoms with Crippen LogP contribution in [-0.2, 0) is 31.7 Å². The highest BCUT2D eigenvalue weighted by atomic mass is 16.7. The summed E-state index contributed by atoms with van der Waals surface area (Å²) in [6, 6.07) is 19.3. The van der Waals surface area contributed by atoms with Crippen molar-refractivity contribution in [1.29, 1.82) is 5.26 Å². The van der Waals surface area contributed by atoms with E-state index in [0.29, 0.717) is 30.2 Å². The van der Waals surface area contributed by atoms with Crippen molar-refractivity contribution < 1.29 is 23.7 Å². The number of carbonyl (C=O) groups excluding carboxylic acids is 3. The smallest absolute Gasteiger partial charge is 0.404 e.